The van der Waals surface area contributed by atoms with Crippen LogP contribution in [0.25, 0.3) is 0 Å². The molecule has 60 valence electrons. The summed E-state index contributed by atoms with van der Waals surface area (Å²) in [5, 5.41) is 0. The highest BCUT2D eigenvalue weighted by atomic mass is 19.4. The monoisotopic (exact) mass is 155 g/mol. The quantitative estimate of drug-likeness (QED) is 0.656. The van der Waals surface area contributed by atoms with Gasteiger partial charge in [0.1, 0.15) is 12.2 Å². The Kier molecular flexibility index (Phi) is 3.35. The summed E-state index contributed by atoms with van der Waals surface area (Å²) in [6.07, 6.45) is -5.93. The predicted molar refractivity (Wildman–Crippen MR) is 29.4 cm³/mol. The third kappa shape index (κ3) is 5.55. The Balaban J connectivity index is 3.58. The van der Waals surface area contributed by atoms with Gasteiger partial charge in [-0.05, 0) is 6.54 Å². The molecule has 0 amide bonds. The number of hydrogen-bond donors (Lipinski definition) is 1. The molecule has 0 saturated heterocycles. The highest BCUT2D eigenvalue weighted by Crippen LogP contribution is 2.19. The molecule has 0 aliphatic rings. The fourth-order valence-corrected chi connectivity index (χ4v) is 0.473. The van der Waals surface area contributed by atoms with Gasteiger partial charge in [-0.1, -0.05) is 0 Å². The van der Waals surface area contributed by atoms with E-state index in [0.29, 0.717) is 0 Å². The van der Waals surface area contributed by atoms with E-state index in [0.717, 1.165) is 0 Å². The number of ketones is 1. The van der Waals surface area contributed by atoms with Gasteiger partial charge in [-0.25, -0.2) is 0 Å². The van der Waals surface area contributed by atoms with Crippen LogP contribution < -0.4 is 5.73 Å². The first kappa shape index (κ1) is 9.42. The first-order valence-electron chi connectivity index (χ1n) is 2.74. The minimum absolute atomic E-state index is 0.0189. The normalized spacial score (nSPS) is 11.6. The maximum atomic E-state index is 11.4. The first-order chi connectivity index (χ1) is 4.45. The Morgan fingerprint density at radius 2 is 1.90 bits per heavy atom. The molecular formula is C5H8F3NO. The predicted octanol–water partition coefficient (Wildman–Crippen LogP) is 0.857. The average molecular weight is 155 g/mol. The van der Waals surface area contributed by atoms with Gasteiger partial charge in [0.05, 0.1) is 0 Å². The van der Waals surface area contributed by atoms with E-state index in [2.05, 4.69) is 0 Å². The van der Waals surface area contributed by atoms with Gasteiger partial charge < -0.3 is 5.73 Å². The number of carbonyl (C=O) groups excluding carboxylic acids is 1. The van der Waals surface area contributed by atoms with Crippen LogP contribution in [0.3, 0.4) is 0 Å². The van der Waals surface area contributed by atoms with Crippen LogP contribution in [0, 0.1) is 0 Å². The van der Waals surface area contributed by atoms with E-state index in [-0.39, 0.29) is 13.0 Å². The van der Waals surface area contributed by atoms with Crippen LogP contribution in [0.1, 0.15) is 12.8 Å². The lowest BCUT2D eigenvalue weighted by molar-refractivity contribution is -0.152. The molecule has 2 N–H and O–H groups in total. The van der Waals surface area contributed by atoms with Gasteiger partial charge in [-0.15, -0.1) is 0 Å². The van der Waals surface area contributed by atoms with Crippen LogP contribution in [-0.4, -0.2) is 18.5 Å². The second-order valence-electron chi connectivity index (χ2n) is 1.87. The molecule has 10 heavy (non-hydrogen) atoms. The zero-order chi connectivity index (χ0) is 8.20. The molecule has 5 heteroatoms. The highest BCUT2D eigenvalue weighted by molar-refractivity contribution is 5.79. The van der Waals surface area contributed by atoms with Crippen molar-refractivity contribution in [2.24, 2.45) is 5.73 Å². The summed E-state index contributed by atoms with van der Waals surface area (Å²) in [4.78, 5) is 10.3. The van der Waals surface area contributed by atoms with Crippen molar-refractivity contribution >= 4 is 5.78 Å². The SMILES string of the molecule is NCCC(=O)CC(F)(F)F. The van der Waals surface area contributed by atoms with E-state index < -0.39 is 18.4 Å². The number of hydrogen-bond acceptors (Lipinski definition) is 2. The molecule has 0 aromatic heterocycles. The van der Waals surface area contributed by atoms with Gasteiger partial charge in [0.25, 0.3) is 0 Å². The van der Waals surface area contributed by atoms with Crippen LogP contribution >= 0.6 is 0 Å². The lowest BCUT2D eigenvalue weighted by atomic mass is 10.2. The van der Waals surface area contributed by atoms with Crippen molar-refractivity contribution < 1.29 is 18.0 Å². The molecule has 0 aromatic rings. The molecule has 0 aliphatic heterocycles. The van der Waals surface area contributed by atoms with E-state index >= 15 is 0 Å². The molecule has 0 spiro atoms. The number of halogens is 3. The summed E-state index contributed by atoms with van der Waals surface area (Å²) in [6.45, 7) is -0.0189. The molecule has 0 radical (unpaired) electrons. The topological polar surface area (TPSA) is 43.1 Å². The molecule has 0 rings (SSSR count). The summed E-state index contributed by atoms with van der Waals surface area (Å²) < 4.78 is 34.1. The fraction of sp³-hybridized carbons (Fsp3) is 0.800. The van der Waals surface area contributed by atoms with Crippen LogP contribution in [0.5, 0.6) is 0 Å². The third-order valence-electron chi connectivity index (χ3n) is 0.821. The Morgan fingerprint density at radius 3 is 2.20 bits per heavy atom. The van der Waals surface area contributed by atoms with E-state index in [1.165, 1.54) is 0 Å². The molecule has 0 aliphatic carbocycles. The van der Waals surface area contributed by atoms with Crippen molar-refractivity contribution in [1.29, 1.82) is 0 Å². The first-order valence-corrected chi connectivity index (χ1v) is 2.74. The summed E-state index contributed by atoms with van der Waals surface area (Å²) in [5.41, 5.74) is 4.86. The maximum Gasteiger partial charge on any atom is 0.395 e. The van der Waals surface area contributed by atoms with Crippen molar-refractivity contribution in [3.63, 3.8) is 0 Å². The Bertz CT molecular complexity index is 121. The fourth-order valence-electron chi connectivity index (χ4n) is 0.473. The third-order valence-corrected chi connectivity index (χ3v) is 0.821. The van der Waals surface area contributed by atoms with Crippen molar-refractivity contribution in [1.82, 2.24) is 0 Å². The average Bonchev–Trinajstić information content (AvgIpc) is 1.59. The van der Waals surface area contributed by atoms with E-state index in [4.69, 9.17) is 5.73 Å². The largest absolute Gasteiger partial charge is 0.395 e. The number of nitrogens with two attached hydrogens (primary N) is 1. The number of carbonyl (C=O) groups is 1. The summed E-state index contributed by atoms with van der Waals surface area (Å²) >= 11 is 0. The number of rotatable bonds is 3. The smallest absolute Gasteiger partial charge is 0.330 e. The Hall–Kier alpha value is -0.580. The van der Waals surface area contributed by atoms with Gasteiger partial charge in [-0.2, -0.15) is 13.2 Å². The van der Waals surface area contributed by atoms with E-state index in [1.54, 1.807) is 0 Å². The molecule has 0 heterocycles. The lowest BCUT2D eigenvalue weighted by Crippen LogP contribution is -2.17. The minimum Gasteiger partial charge on any atom is -0.330 e. The van der Waals surface area contributed by atoms with Crippen LogP contribution in [0.15, 0.2) is 0 Å². The van der Waals surface area contributed by atoms with Crippen LogP contribution in [-0.2, 0) is 4.79 Å². The molecule has 0 unspecified atom stereocenters. The molecule has 0 saturated carbocycles. The Morgan fingerprint density at radius 1 is 1.40 bits per heavy atom. The Labute approximate surface area is 56.2 Å². The van der Waals surface area contributed by atoms with Crippen molar-refractivity contribution in [3.8, 4) is 0 Å². The molecule has 0 fully saturated rings. The van der Waals surface area contributed by atoms with Crippen LogP contribution in [0.4, 0.5) is 13.2 Å². The molecular weight excluding hydrogens is 147 g/mol. The second-order valence-corrected chi connectivity index (χ2v) is 1.87. The summed E-state index contributed by atoms with van der Waals surface area (Å²) in [5.74, 6) is -0.852. The van der Waals surface area contributed by atoms with Gasteiger partial charge in [0.15, 0.2) is 0 Å². The standard InChI is InChI=1S/C5H8F3NO/c6-5(7,8)3-4(10)1-2-9/h1-3,9H2. The maximum absolute atomic E-state index is 11.4. The van der Waals surface area contributed by atoms with Crippen molar-refractivity contribution in [2.75, 3.05) is 6.54 Å². The zero-order valence-corrected chi connectivity index (χ0v) is 5.24. The molecule has 0 aromatic carbocycles. The van der Waals surface area contributed by atoms with Gasteiger partial charge >= 0.3 is 6.18 Å². The van der Waals surface area contributed by atoms with Crippen molar-refractivity contribution in [3.05, 3.63) is 0 Å². The van der Waals surface area contributed by atoms with Gasteiger partial charge in [0, 0.05) is 6.42 Å². The molecule has 2 nitrogen and oxygen atoms in total. The van der Waals surface area contributed by atoms with Crippen molar-refractivity contribution in [2.45, 2.75) is 19.0 Å². The lowest BCUT2D eigenvalue weighted by Gasteiger charge is -2.02. The minimum atomic E-state index is -4.38. The zero-order valence-electron chi connectivity index (χ0n) is 5.24. The summed E-state index contributed by atoms with van der Waals surface area (Å²) in [6, 6.07) is 0. The molecule has 0 atom stereocenters. The van der Waals surface area contributed by atoms with Gasteiger partial charge in [0.2, 0.25) is 0 Å². The number of Topliss-reactive ketones (excluding diaryl/α,β-unsaturated/α-hetero) is 1. The van der Waals surface area contributed by atoms with E-state index in [9.17, 15) is 18.0 Å². The number of alkyl halides is 3. The molecule has 0 bridgehead atoms. The van der Waals surface area contributed by atoms with E-state index in [1.807, 2.05) is 0 Å². The second kappa shape index (κ2) is 3.55. The summed E-state index contributed by atoms with van der Waals surface area (Å²) in [7, 11) is 0. The van der Waals surface area contributed by atoms with Crippen LogP contribution in [0.2, 0.25) is 0 Å². The highest BCUT2D eigenvalue weighted by Gasteiger charge is 2.30. The van der Waals surface area contributed by atoms with Gasteiger partial charge in [-0.3, -0.25) is 4.79 Å².